The van der Waals surface area contributed by atoms with Crippen LogP contribution < -0.4 is 0 Å². The molecule has 1 unspecified atom stereocenters. The van der Waals surface area contributed by atoms with Crippen LogP contribution in [0.5, 0.6) is 0 Å². The second-order valence-corrected chi connectivity index (χ2v) is 7.97. The molecule has 0 saturated carbocycles. The van der Waals surface area contributed by atoms with Crippen molar-refractivity contribution in [2.45, 2.75) is 37.6 Å². The third-order valence-corrected chi connectivity index (χ3v) is 5.86. The minimum Gasteiger partial charge on any atom is -0.338 e. The molecule has 27 heavy (non-hydrogen) atoms. The molecule has 1 fully saturated rings. The van der Waals surface area contributed by atoms with Crippen molar-refractivity contribution in [2.75, 3.05) is 12.8 Å². The molecule has 1 aliphatic heterocycles. The molecule has 4 nitrogen and oxygen atoms in total. The minimum atomic E-state index is 0.207. The number of carbonyl (C=O) groups is 1. The number of nitrogens with zero attached hydrogens (tertiary/aromatic N) is 3. The van der Waals surface area contributed by atoms with E-state index in [0.717, 1.165) is 48.4 Å². The highest BCUT2D eigenvalue weighted by Crippen LogP contribution is 2.24. The van der Waals surface area contributed by atoms with E-state index in [2.05, 4.69) is 46.1 Å². The molecule has 5 heteroatoms. The van der Waals surface area contributed by atoms with Crippen molar-refractivity contribution in [3.8, 4) is 0 Å². The van der Waals surface area contributed by atoms with Crippen molar-refractivity contribution in [2.24, 2.45) is 0 Å². The molecule has 1 amide bonds. The highest BCUT2D eigenvalue weighted by atomic mass is 32.2. The van der Waals surface area contributed by atoms with Crippen LogP contribution in [0.2, 0.25) is 0 Å². The lowest BCUT2D eigenvalue weighted by atomic mass is 10.0. The predicted octanol–water partition coefficient (Wildman–Crippen LogP) is 4.13. The van der Waals surface area contributed by atoms with E-state index in [-0.39, 0.29) is 5.91 Å². The molecular formula is C22H25N3OS. The molecule has 1 saturated heterocycles. The standard InChI is InChI=1S/C22H25N3OS/c1-27-16-21-23-19-11-5-6-12-20(19)25(21)15-22(26)24-13-7-10-18(24)14-17-8-3-2-4-9-17/h2-6,8-9,11-12,18H,7,10,13-16H2,1H3. The smallest absolute Gasteiger partial charge is 0.242 e. The zero-order valence-corrected chi connectivity index (χ0v) is 16.5. The van der Waals surface area contributed by atoms with Gasteiger partial charge in [0.2, 0.25) is 5.91 Å². The summed E-state index contributed by atoms with van der Waals surface area (Å²) in [7, 11) is 0. The third-order valence-electron chi connectivity index (χ3n) is 5.31. The number of amides is 1. The quantitative estimate of drug-likeness (QED) is 0.646. The van der Waals surface area contributed by atoms with Crippen LogP contribution >= 0.6 is 11.8 Å². The van der Waals surface area contributed by atoms with E-state index in [4.69, 9.17) is 4.98 Å². The highest BCUT2D eigenvalue weighted by molar-refractivity contribution is 7.97. The summed E-state index contributed by atoms with van der Waals surface area (Å²) in [4.78, 5) is 20.0. The van der Waals surface area contributed by atoms with Crippen LogP contribution in [0.3, 0.4) is 0 Å². The van der Waals surface area contributed by atoms with Crippen LogP contribution in [0.1, 0.15) is 24.2 Å². The first-order valence-electron chi connectivity index (χ1n) is 9.52. The van der Waals surface area contributed by atoms with Gasteiger partial charge in [0.15, 0.2) is 0 Å². The van der Waals surface area contributed by atoms with Crippen LogP contribution in [-0.2, 0) is 23.5 Å². The van der Waals surface area contributed by atoms with Crippen molar-refractivity contribution >= 4 is 28.7 Å². The van der Waals surface area contributed by atoms with E-state index in [9.17, 15) is 4.79 Å². The topological polar surface area (TPSA) is 38.1 Å². The normalized spacial score (nSPS) is 16.9. The highest BCUT2D eigenvalue weighted by Gasteiger charge is 2.29. The summed E-state index contributed by atoms with van der Waals surface area (Å²) in [5, 5.41) is 0. The first kappa shape index (κ1) is 18.1. The number of likely N-dealkylation sites (tertiary alicyclic amines) is 1. The van der Waals surface area contributed by atoms with Crippen molar-refractivity contribution in [3.05, 3.63) is 66.0 Å². The SMILES string of the molecule is CSCc1nc2ccccc2n1CC(=O)N1CCCC1Cc1ccccc1. The van der Waals surface area contributed by atoms with E-state index in [1.807, 2.05) is 24.3 Å². The molecule has 0 spiro atoms. The number of fused-ring (bicyclic) bond motifs is 1. The summed E-state index contributed by atoms with van der Waals surface area (Å²) in [5.74, 6) is 2.00. The second kappa shape index (κ2) is 8.17. The van der Waals surface area contributed by atoms with Gasteiger partial charge in [-0.1, -0.05) is 42.5 Å². The molecule has 2 heterocycles. The number of rotatable bonds is 6. The monoisotopic (exact) mass is 379 g/mol. The first-order chi connectivity index (χ1) is 13.3. The van der Waals surface area contributed by atoms with E-state index in [0.29, 0.717) is 12.6 Å². The minimum absolute atomic E-state index is 0.207. The Labute approximate surface area is 164 Å². The Morgan fingerprint density at radius 1 is 1.15 bits per heavy atom. The molecule has 2 aromatic carbocycles. The van der Waals surface area contributed by atoms with Gasteiger partial charge in [0, 0.05) is 12.6 Å². The van der Waals surface area contributed by atoms with E-state index >= 15 is 0 Å². The van der Waals surface area contributed by atoms with Crippen LogP contribution in [0.25, 0.3) is 11.0 Å². The van der Waals surface area contributed by atoms with E-state index in [1.54, 1.807) is 11.8 Å². The number of hydrogen-bond donors (Lipinski definition) is 0. The molecule has 0 radical (unpaired) electrons. The molecular weight excluding hydrogens is 354 g/mol. The number of carbonyl (C=O) groups excluding carboxylic acids is 1. The van der Waals surface area contributed by atoms with Crippen LogP contribution in [0.15, 0.2) is 54.6 Å². The van der Waals surface area contributed by atoms with Gasteiger partial charge in [-0.3, -0.25) is 4.79 Å². The van der Waals surface area contributed by atoms with Crippen molar-refractivity contribution < 1.29 is 4.79 Å². The van der Waals surface area contributed by atoms with Crippen LogP contribution in [-0.4, -0.2) is 39.2 Å². The van der Waals surface area contributed by atoms with E-state index < -0.39 is 0 Å². The predicted molar refractivity (Wildman–Crippen MR) is 112 cm³/mol. The fourth-order valence-corrected chi connectivity index (χ4v) is 4.51. The maximum Gasteiger partial charge on any atom is 0.242 e. The first-order valence-corrected chi connectivity index (χ1v) is 10.9. The Morgan fingerprint density at radius 3 is 2.74 bits per heavy atom. The number of aromatic nitrogens is 2. The molecule has 1 atom stereocenters. The summed E-state index contributed by atoms with van der Waals surface area (Å²) in [6.07, 6.45) is 5.19. The zero-order valence-electron chi connectivity index (χ0n) is 15.7. The zero-order chi connectivity index (χ0) is 18.6. The molecule has 1 aromatic heterocycles. The lowest BCUT2D eigenvalue weighted by Crippen LogP contribution is -2.39. The van der Waals surface area contributed by atoms with Gasteiger partial charge in [-0.05, 0) is 43.2 Å². The molecule has 1 aliphatic rings. The van der Waals surface area contributed by atoms with E-state index in [1.165, 1.54) is 5.56 Å². The van der Waals surface area contributed by atoms with Crippen molar-refractivity contribution in [3.63, 3.8) is 0 Å². The molecule has 140 valence electrons. The molecule has 3 aromatic rings. The van der Waals surface area contributed by atoms with Crippen LogP contribution in [0.4, 0.5) is 0 Å². The van der Waals surface area contributed by atoms with Gasteiger partial charge in [0.1, 0.15) is 12.4 Å². The third kappa shape index (κ3) is 3.88. The lowest BCUT2D eigenvalue weighted by Gasteiger charge is -2.25. The number of imidazole rings is 1. The maximum absolute atomic E-state index is 13.2. The van der Waals surface area contributed by atoms with Gasteiger partial charge in [0.05, 0.1) is 16.8 Å². The Kier molecular flexibility index (Phi) is 5.48. The molecule has 0 aliphatic carbocycles. The number of hydrogen-bond acceptors (Lipinski definition) is 3. The lowest BCUT2D eigenvalue weighted by molar-refractivity contribution is -0.132. The molecule has 0 N–H and O–H groups in total. The Bertz CT molecular complexity index is 922. The van der Waals surface area contributed by atoms with Gasteiger partial charge in [-0.2, -0.15) is 11.8 Å². The molecule has 0 bridgehead atoms. The van der Waals surface area contributed by atoms with Gasteiger partial charge >= 0.3 is 0 Å². The Hall–Kier alpha value is -2.27. The Morgan fingerprint density at radius 2 is 1.93 bits per heavy atom. The summed E-state index contributed by atoms with van der Waals surface area (Å²) >= 11 is 1.74. The summed E-state index contributed by atoms with van der Waals surface area (Å²) < 4.78 is 2.10. The average Bonchev–Trinajstić information content (AvgIpc) is 3.28. The maximum atomic E-state index is 13.2. The van der Waals surface area contributed by atoms with Gasteiger partial charge in [-0.15, -0.1) is 0 Å². The average molecular weight is 380 g/mol. The fourth-order valence-electron chi connectivity index (χ4n) is 4.03. The van der Waals surface area contributed by atoms with Gasteiger partial charge < -0.3 is 9.47 Å². The van der Waals surface area contributed by atoms with Gasteiger partial charge in [-0.25, -0.2) is 4.98 Å². The van der Waals surface area contributed by atoms with Crippen LogP contribution in [0, 0.1) is 0 Å². The summed E-state index contributed by atoms with van der Waals surface area (Å²) in [6, 6.07) is 18.9. The number of benzene rings is 2. The van der Waals surface area contributed by atoms with Crippen molar-refractivity contribution in [1.29, 1.82) is 0 Å². The summed E-state index contributed by atoms with van der Waals surface area (Å²) in [6.45, 7) is 1.24. The fraction of sp³-hybridized carbons (Fsp3) is 0.364. The molecule has 4 rings (SSSR count). The summed E-state index contributed by atoms with van der Waals surface area (Å²) in [5.41, 5.74) is 3.32. The van der Waals surface area contributed by atoms with Crippen molar-refractivity contribution in [1.82, 2.24) is 14.5 Å². The largest absolute Gasteiger partial charge is 0.338 e. The number of para-hydroxylation sites is 2. The second-order valence-electron chi connectivity index (χ2n) is 7.11. The van der Waals surface area contributed by atoms with Gasteiger partial charge in [0.25, 0.3) is 0 Å². The Balaban J connectivity index is 1.55. The number of thioether (sulfide) groups is 1.